The molecule has 126 valence electrons. The number of carbonyl (C=O) groups excluding carboxylic acids is 3. The van der Waals surface area contributed by atoms with Gasteiger partial charge in [0.15, 0.2) is 5.69 Å². The highest BCUT2D eigenvalue weighted by Gasteiger charge is 2.11. The van der Waals surface area contributed by atoms with E-state index in [9.17, 15) is 14.4 Å². The topological polar surface area (TPSA) is 152 Å². The molecule has 23 heavy (non-hydrogen) atoms. The fourth-order valence-electron chi connectivity index (χ4n) is 1.44. The van der Waals surface area contributed by atoms with Crippen LogP contribution >= 0.6 is 0 Å². The van der Waals surface area contributed by atoms with E-state index in [-0.39, 0.29) is 37.8 Å². The van der Waals surface area contributed by atoms with E-state index in [2.05, 4.69) is 20.3 Å². The van der Waals surface area contributed by atoms with Gasteiger partial charge < -0.3 is 20.2 Å². The minimum absolute atomic E-state index is 0.0219. The number of aromatic nitrogens is 2. The second-order valence-electron chi connectivity index (χ2n) is 4.29. The molecule has 0 aliphatic heterocycles. The SMILES string of the molecule is CC(=O)OCCN(CCOC(C)=O)/N=N/c1nc[nH]c1C(N)=O. The maximum absolute atomic E-state index is 11.1. The van der Waals surface area contributed by atoms with E-state index in [1.54, 1.807) is 0 Å². The molecule has 11 nitrogen and oxygen atoms in total. The molecule has 1 amide bonds. The molecule has 0 atom stereocenters. The average Bonchev–Trinajstić information content (AvgIpc) is 2.92. The molecule has 11 heteroatoms. The Balaban J connectivity index is 2.67. The van der Waals surface area contributed by atoms with Gasteiger partial charge in [0.1, 0.15) is 13.2 Å². The van der Waals surface area contributed by atoms with Gasteiger partial charge in [-0.3, -0.25) is 19.4 Å². The predicted octanol–water partition coefficient (Wildman–Crippen LogP) is -0.0645. The Morgan fingerprint density at radius 2 is 1.78 bits per heavy atom. The standard InChI is InChI=1S/C12H18N6O5/c1-8(19)22-5-3-18(4-6-23-9(2)20)17-16-12-10(11(13)21)14-7-15-12/h7H,3-6H2,1-2H3,(H2,13,21)(H,14,15)/b17-16+. The fraction of sp³-hybridized carbons (Fsp3) is 0.500. The summed E-state index contributed by atoms with van der Waals surface area (Å²) >= 11 is 0. The van der Waals surface area contributed by atoms with E-state index in [0.29, 0.717) is 0 Å². The van der Waals surface area contributed by atoms with Crippen molar-refractivity contribution in [1.82, 2.24) is 15.0 Å². The molecule has 1 heterocycles. The van der Waals surface area contributed by atoms with Gasteiger partial charge in [-0.05, 0) is 0 Å². The molecule has 0 saturated heterocycles. The highest BCUT2D eigenvalue weighted by atomic mass is 16.5. The van der Waals surface area contributed by atoms with Crippen LogP contribution in [0.2, 0.25) is 0 Å². The van der Waals surface area contributed by atoms with Gasteiger partial charge in [-0.15, -0.1) is 5.11 Å². The first-order chi connectivity index (χ1) is 10.9. The number of hydrogen-bond acceptors (Lipinski definition) is 8. The van der Waals surface area contributed by atoms with Gasteiger partial charge in [-0.2, -0.15) is 0 Å². The van der Waals surface area contributed by atoms with Crippen LogP contribution in [0.3, 0.4) is 0 Å². The van der Waals surface area contributed by atoms with Crippen LogP contribution in [-0.2, 0) is 19.1 Å². The van der Waals surface area contributed by atoms with E-state index >= 15 is 0 Å². The minimum atomic E-state index is -0.720. The first kappa shape index (κ1) is 18.1. The summed E-state index contributed by atoms with van der Waals surface area (Å²) in [6.07, 6.45) is 1.26. The maximum Gasteiger partial charge on any atom is 0.302 e. The van der Waals surface area contributed by atoms with Crippen LogP contribution in [0.25, 0.3) is 0 Å². The molecule has 0 aromatic carbocycles. The Morgan fingerprint density at radius 1 is 1.22 bits per heavy atom. The van der Waals surface area contributed by atoms with E-state index in [0.717, 1.165) is 0 Å². The first-order valence-corrected chi connectivity index (χ1v) is 6.66. The molecule has 0 bridgehead atoms. The second-order valence-corrected chi connectivity index (χ2v) is 4.29. The summed E-state index contributed by atoms with van der Waals surface area (Å²) in [5.74, 6) is -1.54. The van der Waals surface area contributed by atoms with Crippen molar-refractivity contribution in [3.05, 3.63) is 12.0 Å². The Kier molecular flexibility index (Phi) is 7.17. The molecule has 0 aliphatic rings. The Hall–Kier alpha value is -2.98. The number of amides is 1. The zero-order chi connectivity index (χ0) is 17.2. The molecule has 0 aliphatic carbocycles. The summed E-state index contributed by atoms with van der Waals surface area (Å²) in [6, 6.07) is 0. The number of H-pyrrole nitrogens is 1. The number of nitrogens with zero attached hydrogens (tertiary/aromatic N) is 4. The number of esters is 2. The van der Waals surface area contributed by atoms with Crippen molar-refractivity contribution >= 4 is 23.7 Å². The summed E-state index contributed by atoms with van der Waals surface area (Å²) in [5, 5.41) is 9.11. The fourth-order valence-corrected chi connectivity index (χ4v) is 1.44. The summed E-state index contributed by atoms with van der Waals surface area (Å²) < 4.78 is 9.63. The highest BCUT2D eigenvalue weighted by molar-refractivity contribution is 5.94. The van der Waals surface area contributed by atoms with Crippen molar-refractivity contribution < 1.29 is 23.9 Å². The number of nitrogens with one attached hydrogen (secondary N) is 1. The van der Waals surface area contributed by atoms with Crippen molar-refractivity contribution in [3.63, 3.8) is 0 Å². The van der Waals surface area contributed by atoms with E-state index in [1.807, 2.05) is 0 Å². The van der Waals surface area contributed by atoms with Gasteiger partial charge in [-0.25, -0.2) is 4.98 Å². The van der Waals surface area contributed by atoms with Crippen molar-refractivity contribution in [2.24, 2.45) is 16.1 Å². The van der Waals surface area contributed by atoms with Crippen molar-refractivity contribution in [2.45, 2.75) is 13.8 Å². The lowest BCUT2D eigenvalue weighted by Crippen LogP contribution is -2.27. The lowest BCUT2D eigenvalue weighted by Gasteiger charge is -2.16. The molecule has 0 spiro atoms. The third-order valence-corrected chi connectivity index (χ3v) is 2.44. The zero-order valence-corrected chi connectivity index (χ0v) is 12.8. The summed E-state index contributed by atoms with van der Waals surface area (Å²) in [4.78, 5) is 39.0. The molecular weight excluding hydrogens is 308 g/mol. The number of hydrogen-bond donors (Lipinski definition) is 2. The molecule has 0 fully saturated rings. The number of aromatic amines is 1. The molecule has 1 aromatic rings. The first-order valence-electron chi connectivity index (χ1n) is 6.66. The molecule has 1 rings (SSSR count). The number of ether oxygens (including phenoxy) is 2. The van der Waals surface area contributed by atoms with Gasteiger partial charge in [0.05, 0.1) is 19.4 Å². The smallest absolute Gasteiger partial charge is 0.302 e. The molecule has 0 unspecified atom stereocenters. The van der Waals surface area contributed by atoms with Crippen LogP contribution in [0.15, 0.2) is 16.7 Å². The second kappa shape index (κ2) is 9.12. The normalized spacial score (nSPS) is 10.5. The molecule has 3 N–H and O–H groups in total. The summed E-state index contributed by atoms with van der Waals surface area (Å²) in [7, 11) is 0. The Labute approximate surface area is 131 Å². The lowest BCUT2D eigenvalue weighted by molar-refractivity contribution is -0.141. The molecule has 0 radical (unpaired) electrons. The number of nitrogens with two attached hydrogens (primary N) is 1. The van der Waals surface area contributed by atoms with Crippen LogP contribution in [-0.4, -0.2) is 59.1 Å². The Bertz CT molecular complexity index is 564. The van der Waals surface area contributed by atoms with Crippen molar-refractivity contribution in [1.29, 1.82) is 0 Å². The predicted molar refractivity (Wildman–Crippen MR) is 76.5 cm³/mol. The number of imidazole rings is 1. The molecule has 0 saturated carbocycles. The van der Waals surface area contributed by atoms with Crippen molar-refractivity contribution in [3.8, 4) is 0 Å². The molecular formula is C12H18N6O5. The summed E-state index contributed by atoms with van der Waals surface area (Å²) in [6.45, 7) is 3.18. The largest absolute Gasteiger partial charge is 0.464 e. The quantitative estimate of drug-likeness (QED) is 0.366. The zero-order valence-electron chi connectivity index (χ0n) is 12.8. The van der Waals surface area contributed by atoms with Gasteiger partial charge in [0.25, 0.3) is 5.91 Å². The van der Waals surface area contributed by atoms with Crippen LogP contribution in [0, 0.1) is 0 Å². The number of rotatable bonds is 9. The van der Waals surface area contributed by atoms with Crippen molar-refractivity contribution in [2.75, 3.05) is 26.3 Å². The maximum atomic E-state index is 11.1. The van der Waals surface area contributed by atoms with Crippen LogP contribution in [0.5, 0.6) is 0 Å². The minimum Gasteiger partial charge on any atom is -0.464 e. The van der Waals surface area contributed by atoms with Crippen LogP contribution in [0.1, 0.15) is 24.3 Å². The van der Waals surface area contributed by atoms with E-state index in [4.69, 9.17) is 15.2 Å². The Morgan fingerprint density at radius 3 is 2.26 bits per heavy atom. The van der Waals surface area contributed by atoms with Gasteiger partial charge >= 0.3 is 11.9 Å². The highest BCUT2D eigenvalue weighted by Crippen LogP contribution is 2.13. The third kappa shape index (κ3) is 7.02. The van der Waals surface area contributed by atoms with Gasteiger partial charge in [0, 0.05) is 13.8 Å². The number of primary amides is 1. The van der Waals surface area contributed by atoms with Crippen LogP contribution < -0.4 is 5.73 Å². The number of carbonyl (C=O) groups is 3. The monoisotopic (exact) mass is 326 g/mol. The lowest BCUT2D eigenvalue weighted by atomic mass is 10.4. The third-order valence-electron chi connectivity index (χ3n) is 2.44. The van der Waals surface area contributed by atoms with Gasteiger partial charge in [-0.1, -0.05) is 5.22 Å². The van der Waals surface area contributed by atoms with E-state index in [1.165, 1.54) is 25.2 Å². The summed E-state index contributed by atoms with van der Waals surface area (Å²) in [5.41, 5.74) is 5.17. The van der Waals surface area contributed by atoms with Crippen LogP contribution in [0.4, 0.5) is 5.82 Å². The molecule has 1 aromatic heterocycles. The van der Waals surface area contributed by atoms with Gasteiger partial charge in [0.2, 0.25) is 5.82 Å². The van der Waals surface area contributed by atoms with E-state index < -0.39 is 17.8 Å². The average molecular weight is 326 g/mol.